The van der Waals surface area contributed by atoms with Gasteiger partial charge < -0.3 is 9.84 Å². The van der Waals surface area contributed by atoms with E-state index in [0.717, 1.165) is 12.1 Å². The molecule has 0 radical (unpaired) electrons. The second-order valence-corrected chi connectivity index (χ2v) is 4.20. The zero-order chi connectivity index (χ0) is 15.6. The maximum Gasteiger partial charge on any atom is 0.339 e. The highest BCUT2D eigenvalue weighted by molar-refractivity contribution is 5.91. The summed E-state index contributed by atoms with van der Waals surface area (Å²) in [6.45, 7) is 1.50. The molecular formula is C14H10FNO5. The van der Waals surface area contributed by atoms with Crippen molar-refractivity contribution >= 4 is 11.7 Å². The Bertz CT molecular complexity index is 729. The number of nitro groups is 1. The molecule has 0 unspecified atom stereocenters. The van der Waals surface area contributed by atoms with Crippen molar-refractivity contribution in [2.24, 2.45) is 0 Å². The Labute approximate surface area is 118 Å². The fraction of sp³-hybridized carbons (Fsp3) is 0.0714. The van der Waals surface area contributed by atoms with Gasteiger partial charge in [-0.2, -0.15) is 0 Å². The number of ether oxygens (including phenoxy) is 1. The monoisotopic (exact) mass is 291 g/mol. The summed E-state index contributed by atoms with van der Waals surface area (Å²) in [5.74, 6) is -3.07. The van der Waals surface area contributed by atoms with Crippen molar-refractivity contribution in [1.82, 2.24) is 0 Å². The van der Waals surface area contributed by atoms with Crippen LogP contribution in [0.15, 0.2) is 36.4 Å². The van der Waals surface area contributed by atoms with Gasteiger partial charge in [0.05, 0.1) is 4.92 Å². The largest absolute Gasteiger partial charge is 0.478 e. The Morgan fingerprint density at radius 3 is 2.57 bits per heavy atom. The van der Waals surface area contributed by atoms with Crippen molar-refractivity contribution in [2.75, 3.05) is 0 Å². The molecule has 2 aromatic rings. The molecule has 2 aromatic carbocycles. The number of carboxylic acid groups (broad SMARTS) is 1. The van der Waals surface area contributed by atoms with Gasteiger partial charge in [0, 0.05) is 5.56 Å². The molecule has 0 spiro atoms. The zero-order valence-electron chi connectivity index (χ0n) is 10.9. The molecule has 0 amide bonds. The Morgan fingerprint density at radius 2 is 1.95 bits per heavy atom. The molecule has 21 heavy (non-hydrogen) atoms. The molecule has 0 aliphatic carbocycles. The third kappa shape index (κ3) is 2.81. The molecule has 0 aromatic heterocycles. The standard InChI is InChI=1S/C14H10FNO5/c1-8-4-2-7-11(12(8)16(19)20)21-13-9(14(17)18)5-3-6-10(13)15/h2-7H,1H3,(H,17,18). The van der Waals surface area contributed by atoms with Gasteiger partial charge in [-0.25, -0.2) is 9.18 Å². The highest BCUT2D eigenvalue weighted by Crippen LogP contribution is 2.36. The van der Waals surface area contributed by atoms with E-state index in [9.17, 15) is 19.3 Å². The molecule has 0 saturated carbocycles. The van der Waals surface area contributed by atoms with E-state index in [1.54, 1.807) is 0 Å². The van der Waals surface area contributed by atoms with Gasteiger partial charge in [0.25, 0.3) is 0 Å². The van der Waals surface area contributed by atoms with E-state index in [4.69, 9.17) is 9.84 Å². The van der Waals surface area contributed by atoms with E-state index in [0.29, 0.717) is 5.56 Å². The summed E-state index contributed by atoms with van der Waals surface area (Å²) in [5.41, 5.74) is -0.423. The van der Waals surface area contributed by atoms with Crippen LogP contribution in [0.2, 0.25) is 0 Å². The molecule has 1 N–H and O–H groups in total. The van der Waals surface area contributed by atoms with Gasteiger partial charge in [-0.15, -0.1) is 0 Å². The highest BCUT2D eigenvalue weighted by atomic mass is 19.1. The predicted molar refractivity (Wildman–Crippen MR) is 71.3 cm³/mol. The molecule has 108 valence electrons. The Morgan fingerprint density at radius 1 is 1.29 bits per heavy atom. The van der Waals surface area contributed by atoms with Gasteiger partial charge in [0.1, 0.15) is 5.56 Å². The molecule has 0 bridgehead atoms. The van der Waals surface area contributed by atoms with Gasteiger partial charge in [-0.1, -0.05) is 18.2 Å². The van der Waals surface area contributed by atoms with Crippen LogP contribution in [0.1, 0.15) is 15.9 Å². The van der Waals surface area contributed by atoms with E-state index in [1.807, 2.05) is 0 Å². The van der Waals surface area contributed by atoms with Crippen molar-refractivity contribution < 1.29 is 24.0 Å². The lowest BCUT2D eigenvalue weighted by molar-refractivity contribution is -0.386. The van der Waals surface area contributed by atoms with Crippen LogP contribution in [-0.4, -0.2) is 16.0 Å². The lowest BCUT2D eigenvalue weighted by Crippen LogP contribution is -2.03. The maximum absolute atomic E-state index is 13.8. The van der Waals surface area contributed by atoms with Crippen LogP contribution < -0.4 is 4.74 Å². The summed E-state index contributed by atoms with van der Waals surface area (Å²) in [6.07, 6.45) is 0. The van der Waals surface area contributed by atoms with Crippen LogP contribution >= 0.6 is 0 Å². The van der Waals surface area contributed by atoms with E-state index in [-0.39, 0.29) is 11.4 Å². The third-order valence-electron chi connectivity index (χ3n) is 2.79. The third-order valence-corrected chi connectivity index (χ3v) is 2.79. The van der Waals surface area contributed by atoms with Crippen LogP contribution in [0.4, 0.5) is 10.1 Å². The van der Waals surface area contributed by atoms with Crippen molar-refractivity contribution in [3.63, 3.8) is 0 Å². The number of nitro benzene ring substituents is 1. The minimum atomic E-state index is -1.39. The summed E-state index contributed by atoms with van der Waals surface area (Å²) in [4.78, 5) is 21.5. The fourth-order valence-corrected chi connectivity index (χ4v) is 1.84. The van der Waals surface area contributed by atoms with Crippen molar-refractivity contribution in [3.8, 4) is 11.5 Å². The first-order chi connectivity index (χ1) is 9.91. The minimum absolute atomic E-state index is 0.215. The van der Waals surface area contributed by atoms with Gasteiger partial charge in [-0.3, -0.25) is 10.1 Å². The molecule has 2 rings (SSSR count). The zero-order valence-corrected chi connectivity index (χ0v) is 10.9. The number of hydrogen-bond acceptors (Lipinski definition) is 4. The average molecular weight is 291 g/mol. The number of aryl methyl sites for hydroxylation is 1. The average Bonchev–Trinajstić information content (AvgIpc) is 2.40. The number of carbonyl (C=O) groups is 1. The predicted octanol–water partition coefficient (Wildman–Crippen LogP) is 3.53. The van der Waals surface area contributed by atoms with Crippen LogP contribution in [0.25, 0.3) is 0 Å². The smallest absolute Gasteiger partial charge is 0.339 e. The molecule has 0 fully saturated rings. The van der Waals surface area contributed by atoms with Crippen LogP contribution in [0.5, 0.6) is 11.5 Å². The van der Waals surface area contributed by atoms with Crippen molar-refractivity contribution in [1.29, 1.82) is 0 Å². The first-order valence-corrected chi connectivity index (χ1v) is 5.85. The second-order valence-electron chi connectivity index (χ2n) is 4.20. The number of rotatable bonds is 4. The van der Waals surface area contributed by atoms with Crippen molar-refractivity contribution in [2.45, 2.75) is 6.92 Å². The van der Waals surface area contributed by atoms with Gasteiger partial charge in [-0.05, 0) is 25.1 Å². The highest BCUT2D eigenvalue weighted by Gasteiger charge is 2.23. The van der Waals surface area contributed by atoms with E-state index in [1.165, 1.54) is 31.2 Å². The Hall–Kier alpha value is -2.96. The van der Waals surface area contributed by atoms with Crippen LogP contribution in [0.3, 0.4) is 0 Å². The molecule has 6 nitrogen and oxygen atoms in total. The van der Waals surface area contributed by atoms with E-state index >= 15 is 0 Å². The SMILES string of the molecule is Cc1cccc(Oc2c(F)cccc2C(=O)O)c1[N+](=O)[O-]. The van der Waals surface area contributed by atoms with Crippen LogP contribution in [0, 0.1) is 22.9 Å². The normalized spacial score (nSPS) is 10.2. The number of halogens is 1. The fourth-order valence-electron chi connectivity index (χ4n) is 1.84. The lowest BCUT2D eigenvalue weighted by Gasteiger charge is -2.10. The maximum atomic E-state index is 13.8. The quantitative estimate of drug-likeness (QED) is 0.687. The van der Waals surface area contributed by atoms with Crippen LogP contribution in [-0.2, 0) is 0 Å². The summed E-state index contributed by atoms with van der Waals surface area (Å²) < 4.78 is 18.9. The number of aromatic carboxylic acids is 1. The summed E-state index contributed by atoms with van der Waals surface area (Å²) in [5, 5.41) is 20.1. The molecule has 0 aliphatic heterocycles. The number of para-hydroxylation sites is 2. The van der Waals surface area contributed by atoms with E-state index < -0.39 is 28.0 Å². The van der Waals surface area contributed by atoms with E-state index in [2.05, 4.69) is 0 Å². The first-order valence-electron chi connectivity index (χ1n) is 5.85. The molecule has 0 aliphatic rings. The molecule has 0 saturated heterocycles. The Kier molecular flexibility index (Phi) is 3.84. The Balaban J connectivity index is 2.56. The number of benzene rings is 2. The summed E-state index contributed by atoms with van der Waals surface area (Å²) in [6, 6.07) is 7.68. The summed E-state index contributed by atoms with van der Waals surface area (Å²) >= 11 is 0. The number of nitrogens with zero attached hydrogens (tertiary/aromatic N) is 1. The molecule has 0 heterocycles. The minimum Gasteiger partial charge on any atom is -0.478 e. The number of carboxylic acids is 1. The second kappa shape index (κ2) is 5.58. The topological polar surface area (TPSA) is 89.7 Å². The molecule has 7 heteroatoms. The summed E-state index contributed by atoms with van der Waals surface area (Å²) in [7, 11) is 0. The van der Waals surface area contributed by atoms with Gasteiger partial charge >= 0.3 is 11.7 Å². The molecular weight excluding hydrogens is 281 g/mol. The molecule has 0 atom stereocenters. The van der Waals surface area contributed by atoms with Crippen molar-refractivity contribution in [3.05, 3.63) is 63.5 Å². The van der Waals surface area contributed by atoms with Gasteiger partial charge in [0.2, 0.25) is 5.75 Å². The lowest BCUT2D eigenvalue weighted by atomic mass is 10.1. The first kappa shape index (κ1) is 14.4. The van der Waals surface area contributed by atoms with Gasteiger partial charge in [0.15, 0.2) is 11.6 Å². The number of hydrogen-bond donors (Lipinski definition) is 1.